The molecule has 2 aromatic carbocycles. The number of fused-ring (bicyclic) bond motifs is 1. The molecule has 0 N–H and O–H groups in total. The molecule has 0 aromatic heterocycles. The lowest BCUT2D eigenvalue weighted by Gasteiger charge is -2.41. The number of quaternary nitrogens is 1. The number of hydrogen-bond acceptors (Lipinski definition) is 6. The van der Waals surface area contributed by atoms with Crippen LogP contribution in [-0.4, -0.2) is 75.8 Å². The predicted octanol–water partition coefficient (Wildman–Crippen LogP) is 4.59. The molecule has 9 heteroatoms. The fraction of sp³-hybridized carbons (Fsp3) is 0.500. The molecule has 7 nitrogen and oxygen atoms in total. The first-order valence-electron chi connectivity index (χ1n) is 12.5. The van der Waals surface area contributed by atoms with Gasteiger partial charge in [0.15, 0.2) is 0 Å². The van der Waals surface area contributed by atoms with Crippen molar-refractivity contribution in [1.29, 1.82) is 0 Å². The summed E-state index contributed by atoms with van der Waals surface area (Å²) in [6.07, 6.45) is 0.253. The number of rotatable bonds is 8. The van der Waals surface area contributed by atoms with Gasteiger partial charge >= 0.3 is 0 Å². The number of ether oxygens (including phenoxy) is 3. The van der Waals surface area contributed by atoms with E-state index in [2.05, 4.69) is 25.5 Å². The Kier molecular flexibility index (Phi) is 9.04. The first-order chi connectivity index (χ1) is 17.5. The molecule has 6 atom stereocenters. The van der Waals surface area contributed by atoms with Gasteiger partial charge in [-0.15, -0.1) is 0 Å². The lowest BCUT2D eigenvalue weighted by Crippen LogP contribution is -2.57. The van der Waals surface area contributed by atoms with Gasteiger partial charge in [-0.3, -0.25) is 4.48 Å². The van der Waals surface area contributed by atoms with Crippen molar-refractivity contribution in [1.82, 2.24) is 0 Å². The van der Waals surface area contributed by atoms with Gasteiger partial charge < -0.3 is 14.2 Å². The molecule has 1 fully saturated rings. The van der Waals surface area contributed by atoms with Crippen LogP contribution in [0.1, 0.15) is 31.9 Å². The van der Waals surface area contributed by atoms with E-state index >= 15 is 0 Å². The zero-order valence-electron chi connectivity index (χ0n) is 22.4. The molecule has 0 aliphatic carbocycles. The molecule has 0 radical (unpaired) electrons. The lowest BCUT2D eigenvalue weighted by atomic mass is 9.98. The Morgan fingerprint density at radius 2 is 1.51 bits per heavy atom. The number of hydrogen-bond donors (Lipinski definition) is 0. The highest BCUT2D eigenvalue weighted by molar-refractivity contribution is 8.14. The van der Waals surface area contributed by atoms with Crippen molar-refractivity contribution in [3.05, 3.63) is 71.8 Å². The zero-order chi connectivity index (χ0) is 26.6. The summed E-state index contributed by atoms with van der Waals surface area (Å²) in [7, 11) is 4.87. The number of benzene rings is 2. The summed E-state index contributed by atoms with van der Waals surface area (Å²) < 4.78 is 36.9. The van der Waals surface area contributed by atoms with Crippen LogP contribution in [0.4, 0.5) is 0 Å². The highest BCUT2D eigenvalue weighted by Crippen LogP contribution is 2.40. The van der Waals surface area contributed by atoms with Crippen LogP contribution in [0.5, 0.6) is 0 Å². The van der Waals surface area contributed by atoms with Gasteiger partial charge in [0, 0.05) is 6.21 Å². The Morgan fingerprint density at radius 3 is 2.03 bits per heavy atom. The Bertz CT molecular complexity index is 1110. The Morgan fingerprint density at radius 1 is 0.973 bits per heavy atom. The average molecular weight is 545 g/mol. The molecular weight excluding hydrogens is 506 g/mol. The summed E-state index contributed by atoms with van der Waals surface area (Å²) in [5.41, 5.74) is 1.88. The minimum Gasteiger partial charge on any atom is -0.368 e. The second kappa shape index (κ2) is 11.9. The SMILES string of the molecule is CC(C)(C)S(=O)N=CC1OC2SC([N+](C)(C)C)=NC2C(OCc2ccccc2)C1OCc1ccccc1. The fourth-order valence-electron chi connectivity index (χ4n) is 3.98. The maximum Gasteiger partial charge on any atom is 0.261 e. The zero-order valence-corrected chi connectivity index (χ0v) is 24.1. The first-order valence-corrected chi connectivity index (χ1v) is 14.5. The molecule has 200 valence electrons. The van der Waals surface area contributed by atoms with Gasteiger partial charge in [-0.05, 0) is 43.7 Å². The van der Waals surface area contributed by atoms with Gasteiger partial charge in [-0.2, -0.15) is 4.40 Å². The van der Waals surface area contributed by atoms with Gasteiger partial charge in [0.25, 0.3) is 5.17 Å². The highest BCUT2D eigenvalue weighted by Gasteiger charge is 2.52. The Hall–Kier alpha value is -1.88. The third kappa shape index (κ3) is 7.37. The highest BCUT2D eigenvalue weighted by atomic mass is 32.2. The average Bonchev–Trinajstić information content (AvgIpc) is 3.30. The van der Waals surface area contributed by atoms with Crippen LogP contribution in [0.3, 0.4) is 0 Å². The molecule has 2 aromatic rings. The van der Waals surface area contributed by atoms with E-state index in [1.807, 2.05) is 81.4 Å². The number of thioether (sulfide) groups is 1. The van der Waals surface area contributed by atoms with Crippen molar-refractivity contribution in [2.24, 2.45) is 9.39 Å². The van der Waals surface area contributed by atoms with Crippen molar-refractivity contribution < 1.29 is 22.9 Å². The molecule has 0 amide bonds. The van der Waals surface area contributed by atoms with Crippen molar-refractivity contribution in [2.45, 2.75) is 68.5 Å². The van der Waals surface area contributed by atoms with Crippen molar-refractivity contribution in [3.8, 4) is 0 Å². The summed E-state index contributed by atoms with van der Waals surface area (Å²) in [5.74, 6) is 0. The van der Waals surface area contributed by atoms with E-state index in [0.29, 0.717) is 17.7 Å². The molecule has 0 saturated carbocycles. The number of aliphatic imine (C=N–C) groups is 1. The first kappa shape index (κ1) is 28.1. The molecule has 37 heavy (non-hydrogen) atoms. The van der Waals surface area contributed by atoms with E-state index in [-0.39, 0.29) is 17.6 Å². The van der Waals surface area contributed by atoms with E-state index in [1.165, 1.54) is 0 Å². The fourth-order valence-corrected chi connectivity index (χ4v) is 5.78. The Labute approximate surface area is 227 Å². The third-order valence-corrected chi connectivity index (χ3v) is 8.85. The van der Waals surface area contributed by atoms with E-state index in [0.717, 1.165) is 16.3 Å². The maximum atomic E-state index is 12.8. The lowest BCUT2D eigenvalue weighted by molar-refractivity contribution is -0.772. The second-order valence-electron chi connectivity index (χ2n) is 11.1. The molecule has 1 saturated heterocycles. The molecule has 4 rings (SSSR count). The van der Waals surface area contributed by atoms with Gasteiger partial charge in [-0.25, -0.2) is 9.20 Å². The quantitative estimate of drug-likeness (QED) is 0.359. The molecule has 2 heterocycles. The predicted molar refractivity (Wildman–Crippen MR) is 152 cm³/mol. The van der Waals surface area contributed by atoms with Crippen LogP contribution in [0.25, 0.3) is 0 Å². The number of amidine groups is 1. The van der Waals surface area contributed by atoms with Crippen LogP contribution in [-0.2, 0) is 38.4 Å². The minimum absolute atomic E-state index is 0.236. The topological polar surface area (TPSA) is 69.5 Å². The minimum atomic E-state index is -1.41. The van der Waals surface area contributed by atoms with Crippen LogP contribution in [0.15, 0.2) is 70.1 Å². The molecular formula is C28H38N3O4S2+. The summed E-state index contributed by atoms with van der Waals surface area (Å²) >= 11 is 1.61. The van der Waals surface area contributed by atoms with Crippen LogP contribution in [0, 0.1) is 0 Å². The number of nitrogens with zero attached hydrogens (tertiary/aromatic N) is 3. The summed E-state index contributed by atoms with van der Waals surface area (Å²) in [5, 5.41) is 0.973. The summed E-state index contributed by atoms with van der Waals surface area (Å²) in [4.78, 5) is 5.07. The van der Waals surface area contributed by atoms with Crippen LogP contribution < -0.4 is 0 Å². The van der Waals surface area contributed by atoms with E-state index < -0.39 is 27.9 Å². The van der Waals surface area contributed by atoms with E-state index in [1.54, 1.807) is 18.0 Å². The normalized spacial score (nSPS) is 27.2. The molecule has 0 spiro atoms. The smallest absolute Gasteiger partial charge is 0.261 e. The van der Waals surface area contributed by atoms with Crippen LogP contribution >= 0.6 is 11.8 Å². The molecule has 0 bridgehead atoms. The van der Waals surface area contributed by atoms with E-state index in [9.17, 15) is 4.21 Å². The monoisotopic (exact) mass is 544 g/mol. The van der Waals surface area contributed by atoms with Gasteiger partial charge in [0.2, 0.25) is 0 Å². The second-order valence-corrected chi connectivity index (χ2v) is 14.1. The van der Waals surface area contributed by atoms with Crippen molar-refractivity contribution in [3.63, 3.8) is 0 Å². The van der Waals surface area contributed by atoms with Crippen LogP contribution in [0.2, 0.25) is 0 Å². The van der Waals surface area contributed by atoms with Crippen molar-refractivity contribution >= 4 is 34.1 Å². The molecule has 2 aliphatic rings. The van der Waals surface area contributed by atoms with Gasteiger partial charge in [0.1, 0.15) is 40.8 Å². The standard InChI is InChI=1S/C28H38N3O4S2/c1-28(2,3)37(32)29-17-22-24(33-18-20-13-9-7-10-14-20)25(34-19-21-15-11-8-12-16-21)23-26(35-22)36-27(30-23)31(4,5)6/h7-17,22-26H,18-19H2,1-6H3/q+1. The van der Waals surface area contributed by atoms with E-state index in [4.69, 9.17) is 19.2 Å². The van der Waals surface area contributed by atoms with Gasteiger partial charge in [0.05, 0.1) is 39.1 Å². The summed E-state index contributed by atoms with van der Waals surface area (Å²) in [6.45, 7) is 6.53. The van der Waals surface area contributed by atoms with Crippen molar-refractivity contribution in [2.75, 3.05) is 21.1 Å². The van der Waals surface area contributed by atoms with Gasteiger partial charge in [-0.1, -0.05) is 60.7 Å². The third-order valence-electron chi connectivity index (χ3n) is 6.01. The molecule has 6 unspecified atom stereocenters. The molecule has 2 aliphatic heterocycles. The maximum absolute atomic E-state index is 12.8. The Balaban J connectivity index is 1.66. The largest absolute Gasteiger partial charge is 0.368 e. The summed E-state index contributed by atoms with van der Waals surface area (Å²) in [6, 6.07) is 19.9.